The summed E-state index contributed by atoms with van der Waals surface area (Å²) >= 11 is 3.39. The molecule has 0 saturated heterocycles. The molecular formula is C10H11BrN2. The van der Waals surface area contributed by atoms with Gasteiger partial charge in [-0.25, -0.2) is 9.97 Å². The van der Waals surface area contributed by atoms with Gasteiger partial charge >= 0.3 is 0 Å². The predicted molar refractivity (Wildman–Crippen MR) is 53.4 cm³/mol. The van der Waals surface area contributed by atoms with Crippen LogP contribution in [-0.4, -0.2) is 9.97 Å². The molecule has 0 aromatic carbocycles. The van der Waals surface area contributed by atoms with E-state index < -0.39 is 0 Å². The van der Waals surface area contributed by atoms with Gasteiger partial charge in [-0.3, -0.25) is 0 Å². The van der Waals surface area contributed by atoms with Gasteiger partial charge in [0, 0.05) is 11.6 Å². The summed E-state index contributed by atoms with van der Waals surface area (Å²) in [6, 6.07) is 1.89. The summed E-state index contributed by atoms with van der Waals surface area (Å²) in [4.78, 5) is 8.80. The van der Waals surface area contributed by atoms with Crippen LogP contribution in [-0.2, 0) is 5.41 Å². The average Bonchev–Trinajstić information content (AvgIpc) is 1.97. The first-order valence-electron chi connectivity index (χ1n) is 4.61. The highest BCUT2D eigenvalue weighted by Gasteiger charge is 2.67. The van der Waals surface area contributed by atoms with Crippen molar-refractivity contribution in [3.8, 4) is 0 Å². The second-order valence-corrected chi connectivity index (χ2v) is 5.64. The average molecular weight is 239 g/mol. The molecule has 3 heteroatoms. The minimum Gasteiger partial charge on any atom is -0.241 e. The Balaban J connectivity index is 1.95. The summed E-state index contributed by atoms with van der Waals surface area (Å²) in [7, 11) is 0. The van der Waals surface area contributed by atoms with E-state index in [1.54, 1.807) is 0 Å². The van der Waals surface area contributed by atoms with Gasteiger partial charge in [-0.2, -0.15) is 0 Å². The molecule has 3 saturated carbocycles. The summed E-state index contributed by atoms with van der Waals surface area (Å²) in [5.41, 5.74) is 0.990. The van der Waals surface area contributed by atoms with Crippen molar-refractivity contribution in [1.82, 2.24) is 9.97 Å². The molecule has 0 amide bonds. The molecule has 68 valence electrons. The molecule has 2 nitrogen and oxygen atoms in total. The molecule has 3 aliphatic carbocycles. The van der Waals surface area contributed by atoms with Crippen LogP contribution in [0.15, 0.2) is 16.9 Å². The normalized spacial score (nSPS) is 40.8. The lowest BCUT2D eigenvalue weighted by Crippen LogP contribution is -2.63. The van der Waals surface area contributed by atoms with E-state index in [9.17, 15) is 0 Å². The summed E-state index contributed by atoms with van der Waals surface area (Å²) in [5.74, 6) is 1.05. The number of rotatable bonds is 1. The smallest absolute Gasteiger partial charge is 0.135 e. The Hall–Kier alpha value is -0.440. The zero-order chi connectivity index (χ0) is 9.10. The standard InChI is InChI=1S/C10H11BrN2/c1-9-4-10(5-9,6-9)8-12-3-2-7(11)13-8/h2-3H,4-6H2,1H3. The molecule has 3 fully saturated rings. The van der Waals surface area contributed by atoms with Gasteiger partial charge in [0.15, 0.2) is 0 Å². The molecule has 0 N–H and O–H groups in total. The van der Waals surface area contributed by atoms with Crippen LogP contribution in [0, 0.1) is 5.41 Å². The largest absolute Gasteiger partial charge is 0.241 e. The van der Waals surface area contributed by atoms with Crippen LogP contribution >= 0.6 is 15.9 Å². The molecule has 0 aliphatic heterocycles. The van der Waals surface area contributed by atoms with Gasteiger partial charge in [-0.1, -0.05) is 6.92 Å². The van der Waals surface area contributed by atoms with Crippen molar-refractivity contribution in [3.63, 3.8) is 0 Å². The van der Waals surface area contributed by atoms with Crippen LogP contribution in [0.2, 0.25) is 0 Å². The SMILES string of the molecule is CC12CC(c3nccc(Br)n3)(C1)C2. The first-order chi connectivity index (χ1) is 6.12. The third kappa shape index (κ3) is 0.938. The molecule has 4 rings (SSSR count). The maximum Gasteiger partial charge on any atom is 0.135 e. The van der Waals surface area contributed by atoms with Gasteiger partial charge in [0.1, 0.15) is 10.4 Å². The summed E-state index contributed by atoms with van der Waals surface area (Å²) in [6.07, 6.45) is 5.71. The number of nitrogens with zero attached hydrogens (tertiary/aromatic N) is 2. The van der Waals surface area contributed by atoms with Crippen LogP contribution < -0.4 is 0 Å². The molecular weight excluding hydrogens is 228 g/mol. The van der Waals surface area contributed by atoms with Crippen molar-refractivity contribution in [2.24, 2.45) is 5.41 Å². The Labute approximate surface area is 85.9 Å². The summed E-state index contributed by atoms with van der Waals surface area (Å²) in [5, 5.41) is 0. The highest BCUT2D eigenvalue weighted by molar-refractivity contribution is 9.10. The molecule has 13 heavy (non-hydrogen) atoms. The van der Waals surface area contributed by atoms with Crippen molar-refractivity contribution in [3.05, 3.63) is 22.7 Å². The summed E-state index contributed by atoms with van der Waals surface area (Å²) in [6.45, 7) is 2.35. The van der Waals surface area contributed by atoms with Gasteiger partial charge in [0.2, 0.25) is 0 Å². The van der Waals surface area contributed by atoms with Gasteiger partial charge < -0.3 is 0 Å². The second kappa shape index (κ2) is 2.14. The molecule has 1 aromatic heterocycles. The van der Waals surface area contributed by atoms with E-state index in [2.05, 4.69) is 32.8 Å². The lowest BCUT2D eigenvalue weighted by Gasteiger charge is -2.68. The Morgan fingerprint density at radius 1 is 1.38 bits per heavy atom. The fourth-order valence-electron chi connectivity index (χ4n) is 3.12. The third-order valence-corrected chi connectivity index (χ3v) is 3.83. The Kier molecular flexibility index (Phi) is 1.30. The Morgan fingerprint density at radius 2 is 2.08 bits per heavy atom. The molecule has 2 bridgehead atoms. The Bertz CT molecular complexity index is 355. The van der Waals surface area contributed by atoms with Crippen LogP contribution in [0.3, 0.4) is 0 Å². The lowest BCUT2D eigenvalue weighted by atomic mass is 9.35. The monoisotopic (exact) mass is 238 g/mol. The van der Waals surface area contributed by atoms with Crippen molar-refractivity contribution in [2.45, 2.75) is 31.6 Å². The fourth-order valence-corrected chi connectivity index (χ4v) is 3.41. The van der Waals surface area contributed by atoms with Crippen molar-refractivity contribution in [1.29, 1.82) is 0 Å². The topological polar surface area (TPSA) is 25.8 Å². The minimum absolute atomic E-state index is 0.360. The number of aromatic nitrogens is 2. The van der Waals surface area contributed by atoms with Crippen LogP contribution in [0.5, 0.6) is 0 Å². The minimum atomic E-state index is 0.360. The molecule has 1 aromatic rings. The van der Waals surface area contributed by atoms with Gasteiger partial charge in [0.05, 0.1) is 0 Å². The molecule has 0 radical (unpaired) electrons. The molecule has 0 unspecified atom stereocenters. The van der Waals surface area contributed by atoms with E-state index in [0.29, 0.717) is 10.8 Å². The highest BCUT2D eigenvalue weighted by Crippen LogP contribution is 2.72. The van der Waals surface area contributed by atoms with Crippen LogP contribution in [0.25, 0.3) is 0 Å². The first-order valence-corrected chi connectivity index (χ1v) is 5.40. The van der Waals surface area contributed by atoms with E-state index in [0.717, 1.165) is 10.4 Å². The number of hydrogen-bond acceptors (Lipinski definition) is 2. The van der Waals surface area contributed by atoms with Crippen molar-refractivity contribution >= 4 is 15.9 Å². The zero-order valence-electron chi connectivity index (χ0n) is 7.55. The maximum atomic E-state index is 4.44. The molecule has 0 atom stereocenters. The molecule has 0 spiro atoms. The quantitative estimate of drug-likeness (QED) is 0.704. The van der Waals surface area contributed by atoms with E-state index in [1.165, 1.54) is 19.3 Å². The predicted octanol–water partition coefficient (Wildman–Crippen LogP) is 2.68. The van der Waals surface area contributed by atoms with Gasteiger partial charge in [-0.05, 0) is 46.7 Å². The fraction of sp³-hybridized carbons (Fsp3) is 0.600. The van der Waals surface area contributed by atoms with Crippen LogP contribution in [0.4, 0.5) is 0 Å². The molecule has 1 heterocycles. The highest BCUT2D eigenvalue weighted by atomic mass is 79.9. The van der Waals surface area contributed by atoms with Gasteiger partial charge in [0.25, 0.3) is 0 Å². The van der Waals surface area contributed by atoms with E-state index in [1.807, 2.05) is 12.3 Å². The maximum absolute atomic E-state index is 4.44. The van der Waals surface area contributed by atoms with E-state index in [-0.39, 0.29) is 0 Å². The second-order valence-electron chi connectivity index (χ2n) is 4.82. The van der Waals surface area contributed by atoms with Crippen LogP contribution in [0.1, 0.15) is 32.0 Å². The zero-order valence-corrected chi connectivity index (χ0v) is 9.13. The number of halogens is 1. The van der Waals surface area contributed by atoms with E-state index in [4.69, 9.17) is 0 Å². The third-order valence-electron chi connectivity index (χ3n) is 3.39. The number of hydrogen-bond donors (Lipinski definition) is 0. The van der Waals surface area contributed by atoms with E-state index >= 15 is 0 Å². The Morgan fingerprint density at radius 3 is 2.62 bits per heavy atom. The van der Waals surface area contributed by atoms with Gasteiger partial charge in [-0.15, -0.1) is 0 Å². The lowest BCUT2D eigenvalue weighted by molar-refractivity contribution is -0.130. The molecule has 3 aliphatic rings. The summed E-state index contributed by atoms with van der Waals surface area (Å²) < 4.78 is 0.910. The van der Waals surface area contributed by atoms with Crippen molar-refractivity contribution < 1.29 is 0 Å². The first kappa shape index (κ1) is 7.92. The van der Waals surface area contributed by atoms with Crippen molar-refractivity contribution in [2.75, 3.05) is 0 Å².